The monoisotopic (exact) mass is 339 g/mol. The van der Waals surface area contributed by atoms with Crippen LogP contribution in [0.5, 0.6) is 11.5 Å². The highest BCUT2D eigenvalue weighted by molar-refractivity contribution is 5.91. The lowest BCUT2D eigenvalue weighted by atomic mass is 9.90. The van der Waals surface area contributed by atoms with Crippen molar-refractivity contribution in [1.29, 1.82) is 0 Å². The summed E-state index contributed by atoms with van der Waals surface area (Å²) >= 11 is 0. The summed E-state index contributed by atoms with van der Waals surface area (Å²) in [6.45, 7) is 5.10. The minimum Gasteiger partial charge on any atom is -0.508 e. The van der Waals surface area contributed by atoms with Gasteiger partial charge in [0.15, 0.2) is 0 Å². The summed E-state index contributed by atoms with van der Waals surface area (Å²) < 4.78 is 5.27. The Hall–Kier alpha value is -2.26. The number of phenols is 1. The number of methoxy groups -OCH3 is 1. The van der Waals surface area contributed by atoms with Gasteiger partial charge >= 0.3 is 0 Å². The predicted octanol–water partition coefficient (Wildman–Crippen LogP) is 5.19. The first-order chi connectivity index (χ1) is 12.0. The number of hydrogen-bond acceptors (Lipinski definition) is 3. The summed E-state index contributed by atoms with van der Waals surface area (Å²) in [5, 5.41) is 10.2. The Morgan fingerprint density at radius 2 is 1.48 bits per heavy atom. The van der Waals surface area contributed by atoms with Gasteiger partial charge in [0.25, 0.3) is 0 Å². The van der Waals surface area contributed by atoms with E-state index in [2.05, 4.69) is 36.9 Å². The maximum absolute atomic E-state index is 10.2. The van der Waals surface area contributed by atoms with Gasteiger partial charge in [-0.1, -0.05) is 32.0 Å². The fraction of sp³-hybridized carbons (Fsp3) is 0.364. The normalized spacial score (nSPS) is 12.2. The lowest BCUT2D eigenvalue weighted by Crippen LogP contribution is -2.11. The van der Waals surface area contributed by atoms with Crippen LogP contribution in [-0.2, 0) is 6.54 Å². The molecule has 134 valence electrons. The average molecular weight is 339 g/mol. The molecular weight excluding hydrogens is 310 g/mol. The molecule has 25 heavy (non-hydrogen) atoms. The van der Waals surface area contributed by atoms with Crippen molar-refractivity contribution in [2.45, 2.75) is 33.2 Å². The van der Waals surface area contributed by atoms with Gasteiger partial charge in [-0.05, 0) is 73.5 Å². The first-order valence-corrected chi connectivity index (χ1v) is 8.83. The predicted molar refractivity (Wildman–Crippen MR) is 106 cm³/mol. The van der Waals surface area contributed by atoms with Crippen molar-refractivity contribution in [2.24, 2.45) is 0 Å². The van der Waals surface area contributed by atoms with Gasteiger partial charge in [-0.2, -0.15) is 0 Å². The van der Waals surface area contributed by atoms with Crippen molar-refractivity contribution < 1.29 is 9.84 Å². The fourth-order valence-electron chi connectivity index (χ4n) is 3.22. The average Bonchev–Trinajstić information content (AvgIpc) is 2.61. The van der Waals surface area contributed by atoms with Crippen LogP contribution in [0.3, 0.4) is 0 Å². The molecule has 1 N–H and O–H groups in total. The number of allylic oxidation sites excluding steroid dienone is 2. The summed E-state index contributed by atoms with van der Waals surface area (Å²) in [5.74, 6) is 1.23. The van der Waals surface area contributed by atoms with E-state index < -0.39 is 0 Å². The van der Waals surface area contributed by atoms with Crippen LogP contribution in [0.2, 0.25) is 0 Å². The molecule has 0 unspecified atom stereocenters. The molecule has 3 heteroatoms. The van der Waals surface area contributed by atoms with Crippen LogP contribution in [0.15, 0.2) is 42.5 Å². The maximum atomic E-state index is 10.2. The van der Waals surface area contributed by atoms with E-state index in [9.17, 15) is 5.11 Å². The van der Waals surface area contributed by atoms with Crippen LogP contribution in [0.4, 0.5) is 0 Å². The van der Waals surface area contributed by atoms with Gasteiger partial charge in [0.2, 0.25) is 0 Å². The molecule has 0 spiro atoms. The van der Waals surface area contributed by atoms with Crippen molar-refractivity contribution >= 4 is 11.1 Å². The van der Waals surface area contributed by atoms with Gasteiger partial charge in [0, 0.05) is 12.1 Å². The molecule has 2 rings (SSSR count). The molecule has 0 aliphatic heterocycles. The fourth-order valence-corrected chi connectivity index (χ4v) is 3.22. The molecule has 0 heterocycles. The Balaban J connectivity index is 2.51. The zero-order valence-electron chi connectivity index (χ0n) is 16.0. The number of rotatable bonds is 7. The zero-order valence-corrected chi connectivity index (χ0v) is 16.0. The van der Waals surface area contributed by atoms with Gasteiger partial charge in [-0.3, -0.25) is 0 Å². The van der Waals surface area contributed by atoms with Gasteiger partial charge < -0.3 is 14.7 Å². The first kappa shape index (κ1) is 19.1. The molecule has 3 nitrogen and oxygen atoms in total. The molecule has 0 bridgehead atoms. The minimum atomic E-state index is 0.357. The van der Waals surface area contributed by atoms with E-state index in [0.717, 1.165) is 30.7 Å². The SMILES string of the molecule is CC/C(=C(/CC)c1ccc(O)c(CN(C)C)c1)c1ccc(OC)cc1. The Bertz CT molecular complexity index is 730. The van der Waals surface area contributed by atoms with Crippen molar-refractivity contribution in [3.63, 3.8) is 0 Å². The molecular formula is C22H29NO2. The second-order valence-electron chi connectivity index (χ2n) is 6.47. The minimum absolute atomic E-state index is 0.357. The third-order valence-electron chi connectivity index (χ3n) is 4.42. The largest absolute Gasteiger partial charge is 0.508 e. The topological polar surface area (TPSA) is 32.7 Å². The van der Waals surface area contributed by atoms with E-state index >= 15 is 0 Å². The van der Waals surface area contributed by atoms with E-state index in [1.807, 2.05) is 38.4 Å². The molecule has 0 aliphatic carbocycles. The van der Waals surface area contributed by atoms with Crippen LogP contribution in [0, 0.1) is 0 Å². The van der Waals surface area contributed by atoms with Crippen LogP contribution >= 0.6 is 0 Å². The Morgan fingerprint density at radius 3 is 2.00 bits per heavy atom. The number of ether oxygens (including phenoxy) is 1. The van der Waals surface area contributed by atoms with Gasteiger partial charge in [0.1, 0.15) is 11.5 Å². The summed E-state index contributed by atoms with van der Waals surface area (Å²) in [6, 6.07) is 14.2. The third-order valence-corrected chi connectivity index (χ3v) is 4.42. The molecule has 0 saturated carbocycles. The number of aromatic hydroxyl groups is 1. The van der Waals surface area contributed by atoms with E-state index in [1.54, 1.807) is 7.11 Å². The highest BCUT2D eigenvalue weighted by Crippen LogP contribution is 2.34. The Labute approximate surface area is 151 Å². The summed E-state index contributed by atoms with van der Waals surface area (Å²) in [4.78, 5) is 2.07. The highest BCUT2D eigenvalue weighted by Gasteiger charge is 2.12. The Morgan fingerprint density at radius 1 is 0.920 bits per heavy atom. The van der Waals surface area contributed by atoms with Gasteiger partial charge in [0.05, 0.1) is 7.11 Å². The summed E-state index contributed by atoms with van der Waals surface area (Å²) in [6.07, 6.45) is 1.90. The van der Waals surface area contributed by atoms with E-state index in [1.165, 1.54) is 22.3 Å². The van der Waals surface area contributed by atoms with Crippen molar-refractivity contribution in [3.05, 3.63) is 59.2 Å². The third kappa shape index (κ3) is 4.64. The molecule has 0 amide bonds. The van der Waals surface area contributed by atoms with E-state index in [4.69, 9.17) is 4.74 Å². The lowest BCUT2D eigenvalue weighted by molar-refractivity contribution is 0.386. The number of phenolic OH excluding ortho intramolecular Hbond substituents is 1. The Kier molecular flexibility index (Phi) is 6.65. The van der Waals surface area contributed by atoms with Crippen molar-refractivity contribution in [3.8, 4) is 11.5 Å². The smallest absolute Gasteiger partial charge is 0.120 e. The quantitative estimate of drug-likeness (QED) is 0.704. The molecule has 0 aromatic heterocycles. The van der Waals surface area contributed by atoms with Crippen LogP contribution in [0.25, 0.3) is 11.1 Å². The molecule has 0 saturated heterocycles. The molecule has 0 radical (unpaired) electrons. The summed E-state index contributed by atoms with van der Waals surface area (Å²) in [5.41, 5.74) is 6.03. The molecule has 2 aromatic carbocycles. The molecule has 0 aliphatic rings. The maximum Gasteiger partial charge on any atom is 0.120 e. The van der Waals surface area contributed by atoms with Gasteiger partial charge in [-0.15, -0.1) is 0 Å². The second kappa shape index (κ2) is 8.72. The van der Waals surface area contributed by atoms with Crippen molar-refractivity contribution in [2.75, 3.05) is 21.2 Å². The van der Waals surface area contributed by atoms with Crippen molar-refractivity contribution in [1.82, 2.24) is 4.90 Å². The van der Waals surface area contributed by atoms with E-state index in [-0.39, 0.29) is 0 Å². The van der Waals surface area contributed by atoms with Gasteiger partial charge in [-0.25, -0.2) is 0 Å². The number of hydrogen-bond donors (Lipinski definition) is 1. The molecule has 2 aromatic rings. The summed E-state index contributed by atoms with van der Waals surface area (Å²) in [7, 11) is 5.71. The molecule has 0 atom stereocenters. The van der Waals surface area contributed by atoms with Crippen LogP contribution in [0.1, 0.15) is 43.4 Å². The standard InChI is InChI=1S/C22H29NO2/c1-6-20(16-8-11-19(25-5)12-9-16)21(7-2)17-10-13-22(24)18(14-17)15-23(3)4/h8-14,24H,6-7,15H2,1-5H3/b21-20+. The zero-order chi connectivity index (χ0) is 18.4. The molecule has 0 fully saturated rings. The number of benzene rings is 2. The highest BCUT2D eigenvalue weighted by atomic mass is 16.5. The second-order valence-corrected chi connectivity index (χ2v) is 6.47. The van der Waals surface area contributed by atoms with Crippen LogP contribution in [-0.4, -0.2) is 31.2 Å². The van der Waals surface area contributed by atoms with E-state index in [0.29, 0.717) is 5.75 Å². The number of nitrogens with zero attached hydrogens (tertiary/aromatic N) is 1. The van der Waals surface area contributed by atoms with Crippen LogP contribution < -0.4 is 4.74 Å². The first-order valence-electron chi connectivity index (χ1n) is 8.83. The lowest BCUT2D eigenvalue weighted by Gasteiger charge is -2.17.